The highest BCUT2D eigenvalue weighted by Crippen LogP contribution is 2.26. The van der Waals surface area contributed by atoms with Gasteiger partial charge in [-0.05, 0) is 44.5 Å². The minimum atomic E-state index is 0.0402. The monoisotopic (exact) mass is 343 g/mol. The summed E-state index contributed by atoms with van der Waals surface area (Å²) in [4.78, 5) is 19.4. The third-order valence-electron chi connectivity index (χ3n) is 4.57. The van der Waals surface area contributed by atoms with Crippen molar-refractivity contribution in [3.8, 4) is 0 Å². The average molecular weight is 343 g/mol. The number of nitrogens with one attached hydrogen (secondary N) is 1. The van der Waals surface area contributed by atoms with Crippen molar-refractivity contribution in [3.05, 3.63) is 51.7 Å². The molecule has 0 unspecified atom stereocenters. The predicted molar refractivity (Wildman–Crippen MR) is 101 cm³/mol. The summed E-state index contributed by atoms with van der Waals surface area (Å²) < 4.78 is 0. The molecule has 1 aromatic carbocycles. The molecule has 1 atom stereocenters. The van der Waals surface area contributed by atoms with Crippen molar-refractivity contribution in [2.75, 3.05) is 31.1 Å². The van der Waals surface area contributed by atoms with E-state index < -0.39 is 0 Å². The van der Waals surface area contributed by atoms with E-state index >= 15 is 0 Å². The highest BCUT2D eigenvalue weighted by molar-refractivity contribution is 7.12. The van der Waals surface area contributed by atoms with Crippen LogP contribution >= 0.6 is 11.3 Å². The third kappa shape index (κ3) is 3.73. The molecule has 0 aliphatic carbocycles. The van der Waals surface area contributed by atoms with Gasteiger partial charge < -0.3 is 15.1 Å². The summed E-state index contributed by atoms with van der Waals surface area (Å²) in [6, 6.07) is 12.7. The first-order chi connectivity index (χ1) is 11.5. The molecular weight excluding hydrogens is 318 g/mol. The second kappa shape index (κ2) is 7.26. The molecule has 2 heterocycles. The molecule has 128 valence electrons. The molecule has 0 radical (unpaired) electrons. The smallest absolute Gasteiger partial charge is 0.317 e. The molecule has 4 nitrogen and oxygen atoms in total. The number of urea groups is 1. The summed E-state index contributed by atoms with van der Waals surface area (Å²) >= 11 is 1.79. The molecule has 0 bridgehead atoms. The number of rotatable bonds is 3. The molecule has 2 aromatic rings. The largest absolute Gasteiger partial charge is 0.368 e. The maximum atomic E-state index is 12.5. The number of amides is 2. The highest BCUT2D eigenvalue weighted by atomic mass is 32.1. The van der Waals surface area contributed by atoms with E-state index in [0.717, 1.165) is 26.2 Å². The van der Waals surface area contributed by atoms with Gasteiger partial charge in [0.15, 0.2) is 0 Å². The average Bonchev–Trinajstić information content (AvgIpc) is 2.94. The Labute approximate surface area is 148 Å². The van der Waals surface area contributed by atoms with E-state index in [-0.39, 0.29) is 12.1 Å². The zero-order valence-corrected chi connectivity index (χ0v) is 15.4. The Morgan fingerprint density at radius 3 is 2.38 bits per heavy atom. The topological polar surface area (TPSA) is 35.6 Å². The van der Waals surface area contributed by atoms with Crippen molar-refractivity contribution in [3.63, 3.8) is 0 Å². The second-order valence-corrected chi connectivity index (χ2v) is 7.81. The Hall–Kier alpha value is -2.01. The number of hydrogen-bond acceptors (Lipinski definition) is 3. The fourth-order valence-electron chi connectivity index (χ4n) is 3.24. The summed E-state index contributed by atoms with van der Waals surface area (Å²) in [6.45, 7) is 9.56. The summed E-state index contributed by atoms with van der Waals surface area (Å²) in [7, 11) is 0. The molecule has 0 saturated carbocycles. The van der Waals surface area contributed by atoms with Gasteiger partial charge in [-0.1, -0.05) is 18.2 Å². The van der Waals surface area contributed by atoms with Gasteiger partial charge in [-0.2, -0.15) is 0 Å². The van der Waals surface area contributed by atoms with Gasteiger partial charge in [0.25, 0.3) is 0 Å². The van der Waals surface area contributed by atoms with Crippen LogP contribution in [-0.2, 0) is 0 Å². The maximum absolute atomic E-state index is 12.5. The number of aryl methyl sites for hydroxylation is 2. The van der Waals surface area contributed by atoms with E-state index in [1.165, 1.54) is 21.0 Å². The van der Waals surface area contributed by atoms with Crippen molar-refractivity contribution < 1.29 is 4.79 Å². The Morgan fingerprint density at radius 1 is 1.12 bits per heavy atom. The number of hydrogen-bond donors (Lipinski definition) is 1. The highest BCUT2D eigenvalue weighted by Gasteiger charge is 2.23. The number of nitrogens with zero attached hydrogens (tertiary/aromatic N) is 2. The van der Waals surface area contributed by atoms with Crippen molar-refractivity contribution in [2.45, 2.75) is 26.8 Å². The van der Waals surface area contributed by atoms with Gasteiger partial charge in [0.1, 0.15) is 0 Å². The van der Waals surface area contributed by atoms with Crippen LogP contribution in [0.1, 0.15) is 28.3 Å². The lowest BCUT2D eigenvalue weighted by atomic mass is 10.1. The SMILES string of the molecule is Cc1cc([C@H](C)NC(=O)N2CCN(c3ccccc3)CC2)c(C)s1. The first kappa shape index (κ1) is 16.8. The van der Waals surface area contributed by atoms with Gasteiger partial charge in [-0.25, -0.2) is 4.79 Å². The minimum absolute atomic E-state index is 0.0402. The second-order valence-electron chi connectivity index (χ2n) is 6.35. The van der Waals surface area contributed by atoms with E-state index in [2.05, 4.69) is 61.3 Å². The molecule has 5 heteroatoms. The molecule has 1 saturated heterocycles. The molecule has 1 aliphatic rings. The number of benzene rings is 1. The van der Waals surface area contributed by atoms with Gasteiger partial charge in [0.2, 0.25) is 0 Å². The molecule has 3 rings (SSSR count). The zero-order chi connectivity index (χ0) is 17.1. The van der Waals surface area contributed by atoms with Gasteiger partial charge in [0, 0.05) is 41.6 Å². The Morgan fingerprint density at radius 2 is 1.79 bits per heavy atom. The first-order valence-corrected chi connectivity index (χ1v) is 9.28. The van der Waals surface area contributed by atoms with Crippen LogP contribution in [0.4, 0.5) is 10.5 Å². The number of carbonyl (C=O) groups excluding carboxylic acids is 1. The predicted octanol–water partition coefficient (Wildman–Crippen LogP) is 3.96. The van der Waals surface area contributed by atoms with Gasteiger partial charge in [0.05, 0.1) is 6.04 Å². The van der Waals surface area contributed by atoms with Crippen LogP contribution in [0.2, 0.25) is 0 Å². The van der Waals surface area contributed by atoms with Gasteiger partial charge in [-0.3, -0.25) is 0 Å². The van der Waals surface area contributed by atoms with Crippen molar-refractivity contribution in [2.24, 2.45) is 0 Å². The molecule has 1 aromatic heterocycles. The van der Waals surface area contributed by atoms with Crippen LogP contribution in [0, 0.1) is 13.8 Å². The number of para-hydroxylation sites is 1. The molecule has 0 spiro atoms. The lowest BCUT2D eigenvalue weighted by molar-refractivity contribution is 0.191. The lowest BCUT2D eigenvalue weighted by Crippen LogP contribution is -2.52. The quantitative estimate of drug-likeness (QED) is 0.916. The van der Waals surface area contributed by atoms with Gasteiger partial charge >= 0.3 is 6.03 Å². The van der Waals surface area contributed by atoms with Crippen LogP contribution in [0.25, 0.3) is 0 Å². The summed E-state index contributed by atoms with van der Waals surface area (Å²) in [5.41, 5.74) is 2.46. The summed E-state index contributed by atoms with van der Waals surface area (Å²) in [6.07, 6.45) is 0. The minimum Gasteiger partial charge on any atom is -0.368 e. The van der Waals surface area contributed by atoms with Crippen LogP contribution in [0.15, 0.2) is 36.4 Å². The van der Waals surface area contributed by atoms with E-state index in [9.17, 15) is 4.79 Å². The van der Waals surface area contributed by atoms with Crippen LogP contribution in [0.3, 0.4) is 0 Å². The van der Waals surface area contributed by atoms with E-state index in [0.29, 0.717) is 0 Å². The van der Waals surface area contributed by atoms with Crippen molar-refractivity contribution in [1.82, 2.24) is 10.2 Å². The van der Waals surface area contributed by atoms with Gasteiger partial charge in [-0.15, -0.1) is 11.3 Å². The zero-order valence-electron chi connectivity index (χ0n) is 14.6. The lowest BCUT2D eigenvalue weighted by Gasteiger charge is -2.36. The maximum Gasteiger partial charge on any atom is 0.317 e. The normalized spacial score (nSPS) is 16.1. The Kier molecular flexibility index (Phi) is 5.09. The summed E-state index contributed by atoms with van der Waals surface area (Å²) in [5.74, 6) is 0. The number of anilines is 1. The number of thiophene rings is 1. The van der Waals surface area contributed by atoms with Crippen molar-refractivity contribution >= 4 is 23.1 Å². The van der Waals surface area contributed by atoms with E-state index in [1.807, 2.05) is 11.0 Å². The Bertz CT molecular complexity index is 690. The molecule has 1 fully saturated rings. The molecule has 1 N–H and O–H groups in total. The van der Waals surface area contributed by atoms with E-state index in [1.54, 1.807) is 11.3 Å². The van der Waals surface area contributed by atoms with E-state index in [4.69, 9.17) is 0 Å². The third-order valence-corrected chi connectivity index (χ3v) is 5.56. The standard InChI is InChI=1S/C19H25N3OS/c1-14-13-18(16(3)24-14)15(2)20-19(23)22-11-9-21(10-12-22)17-7-5-4-6-8-17/h4-8,13,15H,9-12H2,1-3H3,(H,20,23)/t15-/m0/s1. The Balaban J connectivity index is 1.54. The van der Waals surface area contributed by atoms with Crippen LogP contribution in [0.5, 0.6) is 0 Å². The van der Waals surface area contributed by atoms with Crippen LogP contribution < -0.4 is 10.2 Å². The summed E-state index contributed by atoms with van der Waals surface area (Å²) in [5, 5.41) is 3.15. The fraction of sp³-hybridized carbons (Fsp3) is 0.421. The first-order valence-electron chi connectivity index (χ1n) is 8.47. The molecular formula is C19H25N3OS. The molecule has 2 amide bonds. The molecule has 24 heavy (non-hydrogen) atoms. The fourth-order valence-corrected chi connectivity index (χ4v) is 4.26. The number of carbonyl (C=O) groups is 1. The van der Waals surface area contributed by atoms with Crippen LogP contribution in [-0.4, -0.2) is 37.1 Å². The molecule has 1 aliphatic heterocycles. The van der Waals surface area contributed by atoms with Crippen molar-refractivity contribution in [1.29, 1.82) is 0 Å². The number of piperazine rings is 1.